The molecule has 1 amide bonds. The van der Waals surface area contributed by atoms with Gasteiger partial charge in [-0.25, -0.2) is 4.68 Å². The number of nitrogens with zero attached hydrogens (tertiary/aromatic N) is 2. The van der Waals surface area contributed by atoms with Gasteiger partial charge in [-0.3, -0.25) is 4.79 Å². The Hall–Kier alpha value is -3.86. The van der Waals surface area contributed by atoms with Crippen molar-refractivity contribution in [2.24, 2.45) is 0 Å². The summed E-state index contributed by atoms with van der Waals surface area (Å²) in [5.74, 6) is 0.928. The number of nitrogens with one attached hydrogen (secondary N) is 2. The van der Waals surface area contributed by atoms with Gasteiger partial charge in [0, 0.05) is 23.6 Å². The third kappa shape index (κ3) is 4.02. The summed E-state index contributed by atoms with van der Waals surface area (Å²) in [6, 6.07) is 26.4. The zero-order chi connectivity index (χ0) is 22.9. The van der Waals surface area contributed by atoms with E-state index in [-0.39, 0.29) is 17.9 Å². The summed E-state index contributed by atoms with van der Waals surface area (Å²) in [6.07, 6.45) is 0. The van der Waals surface area contributed by atoms with Crippen molar-refractivity contribution < 1.29 is 4.79 Å². The Labute approximate surface area is 194 Å². The third-order valence-electron chi connectivity index (χ3n) is 6.34. The summed E-state index contributed by atoms with van der Waals surface area (Å²) in [6.45, 7) is 6.75. The van der Waals surface area contributed by atoms with Crippen molar-refractivity contribution in [3.63, 3.8) is 0 Å². The Bertz CT molecular complexity index is 1290. The van der Waals surface area contributed by atoms with Gasteiger partial charge in [0.25, 0.3) is 5.91 Å². The second-order valence-corrected chi connectivity index (χ2v) is 8.81. The highest BCUT2D eigenvalue weighted by Gasteiger charge is 2.36. The number of benzene rings is 3. The minimum atomic E-state index is -0.111. The number of carbonyl (C=O) groups excluding carboxylic acids is 1. The van der Waals surface area contributed by atoms with Crippen LogP contribution in [-0.4, -0.2) is 28.3 Å². The summed E-state index contributed by atoms with van der Waals surface area (Å²) in [4.78, 5) is 13.2. The van der Waals surface area contributed by atoms with Crippen molar-refractivity contribution in [2.45, 2.75) is 32.7 Å². The van der Waals surface area contributed by atoms with Crippen molar-refractivity contribution in [3.05, 3.63) is 112 Å². The van der Waals surface area contributed by atoms with Crippen molar-refractivity contribution in [2.75, 3.05) is 11.9 Å². The molecule has 5 nitrogen and oxygen atoms in total. The Morgan fingerprint density at radius 2 is 1.70 bits per heavy atom. The van der Waals surface area contributed by atoms with Gasteiger partial charge in [0.1, 0.15) is 5.82 Å². The molecule has 5 heteroatoms. The van der Waals surface area contributed by atoms with E-state index >= 15 is 0 Å². The van der Waals surface area contributed by atoms with Crippen LogP contribution in [0.25, 0.3) is 5.69 Å². The maximum atomic E-state index is 13.2. The van der Waals surface area contributed by atoms with E-state index in [0.29, 0.717) is 12.1 Å². The maximum absolute atomic E-state index is 13.2. The van der Waals surface area contributed by atoms with E-state index in [2.05, 4.69) is 54.0 Å². The van der Waals surface area contributed by atoms with Crippen LogP contribution in [0, 0.1) is 20.8 Å². The molecule has 1 aliphatic rings. The van der Waals surface area contributed by atoms with Gasteiger partial charge in [-0.1, -0.05) is 65.7 Å². The second kappa shape index (κ2) is 8.58. The summed E-state index contributed by atoms with van der Waals surface area (Å²) < 4.78 is 1.98. The number of hydrogen-bond acceptors (Lipinski definition) is 3. The normalized spacial score (nSPS) is 17.2. The van der Waals surface area contributed by atoms with Gasteiger partial charge >= 0.3 is 0 Å². The average Bonchev–Trinajstić information content (AvgIpc) is 3.17. The van der Waals surface area contributed by atoms with E-state index < -0.39 is 0 Å². The highest BCUT2D eigenvalue weighted by molar-refractivity contribution is 5.94. The van der Waals surface area contributed by atoms with Crippen LogP contribution in [0.3, 0.4) is 0 Å². The van der Waals surface area contributed by atoms with E-state index in [0.717, 1.165) is 28.3 Å². The first-order chi connectivity index (χ1) is 16.0. The number of aryl methyl sites for hydroxylation is 3. The molecule has 1 aliphatic heterocycles. The van der Waals surface area contributed by atoms with Crippen molar-refractivity contribution in [1.82, 2.24) is 15.1 Å². The molecule has 33 heavy (non-hydrogen) atoms. The summed E-state index contributed by atoms with van der Waals surface area (Å²) in [5.41, 5.74) is 7.24. The number of rotatable bonds is 4. The molecule has 0 aliphatic carbocycles. The lowest BCUT2D eigenvalue weighted by atomic mass is 9.82. The van der Waals surface area contributed by atoms with E-state index in [9.17, 15) is 4.79 Å². The second-order valence-electron chi connectivity index (χ2n) is 8.81. The van der Waals surface area contributed by atoms with Crippen LogP contribution in [0.15, 0.2) is 78.9 Å². The fourth-order valence-corrected chi connectivity index (χ4v) is 4.71. The highest BCUT2D eigenvalue weighted by atomic mass is 16.1. The zero-order valence-corrected chi connectivity index (χ0v) is 19.2. The number of anilines is 1. The fourth-order valence-electron chi connectivity index (χ4n) is 4.71. The van der Waals surface area contributed by atoms with Gasteiger partial charge in [0.05, 0.1) is 17.4 Å². The van der Waals surface area contributed by atoms with E-state index in [1.165, 1.54) is 11.1 Å². The molecule has 0 bridgehead atoms. The molecule has 0 fully saturated rings. The van der Waals surface area contributed by atoms with Gasteiger partial charge in [0.15, 0.2) is 0 Å². The van der Waals surface area contributed by atoms with Crippen LogP contribution in [0.2, 0.25) is 0 Å². The van der Waals surface area contributed by atoms with Gasteiger partial charge < -0.3 is 10.6 Å². The first kappa shape index (κ1) is 21.0. The average molecular weight is 437 g/mol. The highest BCUT2D eigenvalue weighted by Crippen LogP contribution is 2.40. The number of amides is 1. The third-order valence-corrected chi connectivity index (χ3v) is 6.34. The quantitative estimate of drug-likeness (QED) is 0.465. The lowest BCUT2D eigenvalue weighted by molar-refractivity contribution is 0.0934. The molecule has 4 aromatic rings. The molecular weight excluding hydrogens is 408 g/mol. The van der Waals surface area contributed by atoms with E-state index in [4.69, 9.17) is 5.10 Å². The summed E-state index contributed by atoms with van der Waals surface area (Å²) in [7, 11) is 0. The molecule has 0 saturated heterocycles. The first-order valence-electron chi connectivity index (χ1n) is 11.3. The lowest BCUT2D eigenvalue weighted by Gasteiger charge is -2.34. The van der Waals surface area contributed by atoms with Gasteiger partial charge in [-0.2, -0.15) is 5.10 Å². The van der Waals surface area contributed by atoms with Crippen molar-refractivity contribution >= 4 is 11.7 Å². The minimum absolute atomic E-state index is 0.00642. The molecule has 1 aromatic heterocycles. The molecule has 2 atom stereocenters. The topological polar surface area (TPSA) is 59.0 Å². The van der Waals surface area contributed by atoms with E-state index in [1.54, 1.807) is 0 Å². The monoisotopic (exact) mass is 436 g/mol. The number of fused-ring (bicyclic) bond motifs is 1. The van der Waals surface area contributed by atoms with Crippen molar-refractivity contribution in [3.8, 4) is 5.69 Å². The smallest absolute Gasteiger partial charge is 0.251 e. The van der Waals surface area contributed by atoms with E-state index in [1.807, 2.05) is 61.0 Å². The molecule has 166 valence electrons. The largest absolute Gasteiger partial charge is 0.368 e. The van der Waals surface area contributed by atoms with Crippen LogP contribution in [0.4, 0.5) is 5.82 Å². The number of carbonyl (C=O) groups is 1. The predicted molar refractivity (Wildman–Crippen MR) is 132 cm³/mol. The lowest BCUT2D eigenvalue weighted by Crippen LogP contribution is -2.47. The predicted octanol–water partition coefficient (Wildman–Crippen LogP) is 5.15. The van der Waals surface area contributed by atoms with Crippen LogP contribution in [-0.2, 0) is 0 Å². The minimum Gasteiger partial charge on any atom is -0.368 e. The molecule has 5 rings (SSSR count). The Morgan fingerprint density at radius 1 is 0.939 bits per heavy atom. The fraction of sp³-hybridized carbons (Fsp3) is 0.214. The van der Waals surface area contributed by atoms with Gasteiger partial charge in [-0.15, -0.1) is 0 Å². The Morgan fingerprint density at radius 3 is 2.42 bits per heavy atom. The number of hydrogen-bond donors (Lipinski definition) is 2. The molecule has 0 unspecified atom stereocenters. The van der Waals surface area contributed by atoms with Crippen LogP contribution >= 0.6 is 0 Å². The van der Waals surface area contributed by atoms with Gasteiger partial charge in [0.2, 0.25) is 0 Å². The summed E-state index contributed by atoms with van der Waals surface area (Å²) in [5, 5.41) is 11.8. The molecular formula is C28H28N4O. The van der Waals surface area contributed by atoms with Crippen LogP contribution < -0.4 is 10.6 Å². The van der Waals surface area contributed by atoms with Gasteiger partial charge in [-0.05, 0) is 50.6 Å². The molecule has 2 N–H and O–H groups in total. The van der Waals surface area contributed by atoms with Crippen LogP contribution in [0.1, 0.15) is 44.2 Å². The molecule has 2 heterocycles. The van der Waals surface area contributed by atoms with Crippen molar-refractivity contribution in [1.29, 1.82) is 0 Å². The maximum Gasteiger partial charge on any atom is 0.251 e. The molecule has 0 spiro atoms. The molecule has 0 saturated carbocycles. The molecule has 3 aromatic carbocycles. The number of para-hydroxylation sites is 1. The summed E-state index contributed by atoms with van der Waals surface area (Å²) >= 11 is 0. The number of aromatic nitrogens is 2. The Kier molecular flexibility index (Phi) is 5.47. The Balaban J connectivity index is 1.57. The van der Waals surface area contributed by atoms with Crippen LogP contribution in [0.5, 0.6) is 0 Å². The SMILES string of the molecule is Cc1ccc([C@H]2c3c(C)nn(-c4ccccc4)c3NC[C@H]2NC(=O)c2cccc(C)c2)cc1. The molecule has 0 radical (unpaired) electrons. The standard InChI is InChI=1S/C28H28N4O/c1-18-12-14-21(15-13-18)26-24(30-28(33)22-9-7-8-19(2)16-22)17-29-27-25(26)20(3)31-32(27)23-10-5-4-6-11-23/h4-16,24,26,29H,17H2,1-3H3,(H,30,33)/t24-,26-/m1/s1. The first-order valence-corrected chi connectivity index (χ1v) is 11.3. The zero-order valence-electron chi connectivity index (χ0n) is 19.2.